The lowest BCUT2D eigenvalue weighted by Crippen LogP contribution is -2.14. The summed E-state index contributed by atoms with van der Waals surface area (Å²) in [5, 5.41) is 13.8. The number of anilines is 1. The molecule has 1 amide bonds. The Labute approximate surface area is 143 Å². The standard InChI is InChI=1S/C17H17N3OS2/c18-7-8-22-11-16(21)20-17-19-15(10-23-17)14-6-5-12-3-1-2-4-13(12)9-14/h5-6,9-10H,1-4,8,11H2,(H,19,20,21). The summed E-state index contributed by atoms with van der Waals surface area (Å²) in [6, 6.07) is 8.57. The zero-order chi connectivity index (χ0) is 16.1. The van der Waals surface area contributed by atoms with E-state index >= 15 is 0 Å². The fourth-order valence-corrected chi connectivity index (χ4v) is 3.89. The highest BCUT2D eigenvalue weighted by Crippen LogP contribution is 2.29. The second-order valence-electron chi connectivity index (χ2n) is 5.43. The van der Waals surface area contributed by atoms with Gasteiger partial charge in [0.15, 0.2) is 5.13 Å². The van der Waals surface area contributed by atoms with Crippen LogP contribution in [0.3, 0.4) is 0 Å². The first-order chi connectivity index (χ1) is 11.3. The van der Waals surface area contributed by atoms with E-state index in [9.17, 15) is 4.79 Å². The van der Waals surface area contributed by atoms with Crippen LogP contribution in [-0.4, -0.2) is 22.4 Å². The molecule has 0 radical (unpaired) electrons. The number of carbonyl (C=O) groups excluding carboxylic acids is 1. The molecule has 118 valence electrons. The van der Waals surface area contributed by atoms with Crippen LogP contribution in [0.5, 0.6) is 0 Å². The van der Waals surface area contributed by atoms with Crippen LogP contribution in [0.25, 0.3) is 11.3 Å². The van der Waals surface area contributed by atoms with Crippen molar-refractivity contribution in [2.75, 3.05) is 16.8 Å². The molecule has 0 atom stereocenters. The van der Waals surface area contributed by atoms with Crippen molar-refractivity contribution in [3.05, 3.63) is 34.7 Å². The smallest absolute Gasteiger partial charge is 0.236 e. The van der Waals surface area contributed by atoms with Crippen molar-refractivity contribution in [1.82, 2.24) is 4.98 Å². The van der Waals surface area contributed by atoms with Crippen LogP contribution in [0.2, 0.25) is 0 Å². The Morgan fingerprint density at radius 2 is 2.17 bits per heavy atom. The minimum absolute atomic E-state index is 0.114. The van der Waals surface area contributed by atoms with E-state index in [0.29, 0.717) is 10.9 Å². The Hall–Kier alpha value is -1.84. The quantitative estimate of drug-likeness (QED) is 0.837. The number of thioether (sulfide) groups is 1. The molecular formula is C17H17N3OS2. The Morgan fingerprint density at radius 1 is 1.35 bits per heavy atom. The van der Waals surface area contributed by atoms with Crippen LogP contribution in [-0.2, 0) is 17.6 Å². The highest BCUT2D eigenvalue weighted by Gasteiger charge is 2.12. The molecule has 1 N–H and O–H groups in total. The SMILES string of the molecule is N#CCSCC(=O)Nc1nc(-c2ccc3c(c2)CCCC3)cs1. The maximum atomic E-state index is 11.7. The molecule has 1 heterocycles. The van der Waals surface area contributed by atoms with Gasteiger partial charge in [0.1, 0.15) is 0 Å². The maximum Gasteiger partial charge on any atom is 0.236 e. The number of nitriles is 1. The van der Waals surface area contributed by atoms with Crippen LogP contribution in [0.4, 0.5) is 5.13 Å². The predicted molar refractivity (Wildman–Crippen MR) is 95.8 cm³/mol. The average molecular weight is 343 g/mol. The minimum Gasteiger partial charge on any atom is -0.301 e. The van der Waals surface area contributed by atoms with Gasteiger partial charge in [0.05, 0.1) is 23.3 Å². The number of rotatable bonds is 5. The summed E-state index contributed by atoms with van der Waals surface area (Å²) in [6.45, 7) is 0. The van der Waals surface area contributed by atoms with Crippen molar-refractivity contribution in [1.29, 1.82) is 5.26 Å². The third kappa shape index (κ3) is 4.12. The van der Waals surface area contributed by atoms with Crippen molar-refractivity contribution in [2.24, 2.45) is 0 Å². The number of amides is 1. The summed E-state index contributed by atoms with van der Waals surface area (Å²) in [7, 11) is 0. The van der Waals surface area contributed by atoms with Gasteiger partial charge in [-0.2, -0.15) is 5.26 Å². The lowest BCUT2D eigenvalue weighted by Gasteiger charge is -2.16. The summed E-state index contributed by atoms with van der Waals surface area (Å²) < 4.78 is 0. The Bertz CT molecular complexity index is 749. The fourth-order valence-electron chi connectivity index (χ4n) is 2.70. The van der Waals surface area contributed by atoms with Crippen LogP contribution in [0.15, 0.2) is 23.6 Å². The first-order valence-corrected chi connectivity index (χ1v) is 9.62. The zero-order valence-corrected chi connectivity index (χ0v) is 14.3. The van der Waals surface area contributed by atoms with E-state index in [4.69, 9.17) is 5.26 Å². The summed E-state index contributed by atoms with van der Waals surface area (Å²) >= 11 is 2.73. The first kappa shape index (κ1) is 16.0. The van der Waals surface area contributed by atoms with Crippen LogP contribution >= 0.6 is 23.1 Å². The molecule has 0 unspecified atom stereocenters. The zero-order valence-electron chi connectivity index (χ0n) is 12.7. The largest absolute Gasteiger partial charge is 0.301 e. The molecule has 3 rings (SSSR count). The topological polar surface area (TPSA) is 65.8 Å². The monoisotopic (exact) mass is 343 g/mol. The molecule has 0 aliphatic heterocycles. The van der Waals surface area contributed by atoms with E-state index in [1.807, 2.05) is 11.4 Å². The van der Waals surface area contributed by atoms with E-state index in [-0.39, 0.29) is 11.7 Å². The third-order valence-electron chi connectivity index (χ3n) is 3.79. The van der Waals surface area contributed by atoms with Gasteiger partial charge < -0.3 is 5.32 Å². The van der Waals surface area contributed by atoms with Crippen molar-refractivity contribution < 1.29 is 4.79 Å². The lowest BCUT2D eigenvalue weighted by atomic mass is 9.90. The number of aryl methyl sites for hydroxylation is 2. The van der Waals surface area contributed by atoms with E-state index in [1.54, 1.807) is 0 Å². The molecule has 0 fully saturated rings. The van der Waals surface area contributed by atoms with Gasteiger partial charge in [-0.15, -0.1) is 23.1 Å². The van der Waals surface area contributed by atoms with E-state index < -0.39 is 0 Å². The summed E-state index contributed by atoms with van der Waals surface area (Å²) in [5.74, 6) is 0.490. The summed E-state index contributed by atoms with van der Waals surface area (Å²) in [4.78, 5) is 16.3. The van der Waals surface area contributed by atoms with Gasteiger partial charge in [-0.1, -0.05) is 12.1 Å². The van der Waals surface area contributed by atoms with E-state index in [1.165, 1.54) is 53.5 Å². The van der Waals surface area contributed by atoms with Crippen LogP contribution in [0, 0.1) is 11.3 Å². The molecule has 1 aromatic carbocycles. The van der Waals surface area contributed by atoms with E-state index in [0.717, 1.165) is 17.7 Å². The number of aromatic nitrogens is 1. The van der Waals surface area contributed by atoms with Gasteiger partial charge in [-0.25, -0.2) is 4.98 Å². The Kier molecular flexibility index (Phi) is 5.31. The average Bonchev–Trinajstić information content (AvgIpc) is 3.03. The highest BCUT2D eigenvalue weighted by atomic mass is 32.2. The number of hydrogen-bond donors (Lipinski definition) is 1. The number of nitrogens with zero attached hydrogens (tertiary/aromatic N) is 2. The van der Waals surface area contributed by atoms with Crippen molar-refractivity contribution in [2.45, 2.75) is 25.7 Å². The van der Waals surface area contributed by atoms with Crippen molar-refractivity contribution >= 4 is 34.1 Å². The van der Waals surface area contributed by atoms with Gasteiger partial charge in [-0.05, 0) is 42.9 Å². The second-order valence-corrected chi connectivity index (χ2v) is 7.27. The molecule has 4 nitrogen and oxygen atoms in total. The fraction of sp³-hybridized carbons (Fsp3) is 0.353. The summed E-state index contributed by atoms with van der Waals surface area (Å²) in [6.07, 6.45) is 4.86. The molecule has 1 aliphatic rings. The van der Waals surface area contributed by atoms with Crippen molar-refractivity contribution in [3.8, 4) is 17.3 Å². The normalized spacial score (nSPS) is 13.2. The molecule has 23 heavy (non-hydrogen) atoms. The van der Waals surface area contributed by atoms with Gasteiger partial charge >= 0.3 is 0 Å². The Balaban J connectivity index is 1.67. The molecule has 2 aromatic rings. The molecule has 6 heteroatoms. The maximum absolute atomic E-state index is 11.7. The molecule has 0 saturated heterocycles. The third-order valence-corrected chi connectivity index (χ3v) is 5.35. The second kappa shape index (κ2) is 7.62. The van der Waals surface area contributed by atoms with Gasteiger partial charge in [-0.3, -0.25) is 4.79 Å². The predicted octanol–water partition coefficient (Wildman–Crippen LogP) is 3.88. The highest BCUT2D eigenvalue weighted by molar-refractivity contribution is 8.00. The van der Waals surface area contributed by atoms with E-state index in [2.05, 4.69) is 28.5 Å². The molecule has 0 bridgehead atoms. The number of fused-ring (bicyclic) bond motifs is 1. The molecule has 0 spiro atoms. The van der Waals surface area contributed by atoms with Gasteiger partial charge in [0.2, 0.25) is 5.91 Å². The van der Waals surface area contributed by atoms with Gasteiger partial charge in [0, 0.05) is 10.9 Å². The Morgan fingerprint density at radius 3 is 3.00 bits per heavy atom. The number of thiazole rings is 1. The number of nitrogens with one attached hydrogen (secondary N) is 1. The molecular weight excluding hydrogens is 326 g/mol. The number of hydrogen-bond acceptors (Lipinski definition) is 5. The molecule has 0 saturated carbocycles. The first-order valence-electron chi connectivity index (χ1n) is 7.58. The molecule has 1 aliphatic carbocycles. The van der Waals surface area contributed by atoms with Gasteiger partial charge in [0.25, 0.3) is 0 Å². The van der Waals surface area contributed by atoms with Crippen molar-refractivity contribution in [3.63, 3.8) is 0 Å². The lowest BCUT2D eigenvalue weighted by molar-refractivity contribution is -0.113. The van der Waals surface area contributed by atoms with Crippen LogP contribution < -0.4 is 5.32 Å². The summed E-state index contributed by atoms with van der Waals surface area (Å²) in [5.41, 5.74) is 4.91. The minimum atomic E-state index is -0.114. The van der Waals surface area contributed by atoms with Crippen LogP contribution in [0.1, 0.15) is 24.0 Å². The molecule has 1 aromatic heterocycles. The number of carbonyl (C=O) groups is 1. The number of benzene rings is 1.